The van der Waals surface area contributed by atoms with Gasteiger partial charge in [-0.05, 0) is 17.7 Å². The molecule has 1 rings (SSSR count). The van der Waals surface area contributed by atoms with Crippen LogP contribution in [0.15, 0.2) is 18.2 Å². The van der Waals surface area contributed by atoms with E-state index in [4.69, 9.17) is 10.8 Å². The quantitative estimate of drug-likeness (QED) is 0.742. The maximum Gasteiger partial charge on any atom is 0.340 e. The maximum absolute atomic E-state index is 13.2. The third kappa shape index (κ3) is 2.34. The molecule has 0 spiro atoms. The summed E-state index contributed by atoms with van der Waals surface area (Å²) in [4.78, 5) is 21.7. The van der Waals surface area contributed by atoms with E-state index >= 15 is 0 Å². The summed E-state index contributed by atoms with van der Waals surface area (Å²) in [5, 5.41) is 8.66. The van der Waals surface area contributed by atoms with Gasteiger partial charge in [0.15, 0.2) is 0 Å². The first-order valence-electron chi connectivity index (χ1n) is 4.33. The van der Waals surface area contributed by atoms with Crippen LogP contribution in [-0.2, 0) is 9.53 Å². The zero-order valence-electron chi connectivity index (χ0n) is 8.44. The van der Waals surface area contributed by atoms with Crippen molar-refractivity contribution in [3.8, 4) is 0 Å². The van der Waals surface area contributed by atoms with Crippen molar-refractivity contribution in [1.29, 1.82) is 0 Å². The topological polar surface area (TPSA) is 89.6 Å². The van der Waals surface area contributed by atoms with E-state index in [0.29, 0.717) is 0 Å². The molecule has 3 N–H and O–H groups in total. The standard InChI is InChI=1S/C10H10FNO4/c1-16-10(15)6-4-5(2-3-7(6)11)8(12)9(13)14/h2-4,8H,12H2,1H3,(H,13,14)/t8-/m0/s1. The van der Waals surface area contributed by atoms with Gasteiger partial charge in [-0.3, -0.25) is 4.79 Å². The molecule has 1 aromatic rings. The number of aliphatic carboxylic acids is 1. The molecular formula is C10H10FNO4. The number of carbonyl (C=O) groups is 2. The number of nitrogens with two attached hydrogens (primary N) is 1. The molecule has 5 nitrogen and oxygen atoms in total. The highest BCUT2D eigenvalue weighted by Gasteiger charge is 2.19. The Morgan fingerprint density at radius 1 is 1.50 bits per heavy atom. The summed E-state index contributed by atoms with van der Waals surface area (Å²) in [6, 6.07) is 1.95. The number of carbonyl (C=O) groups excluding carboxylic acids is 1. The largest absolute Gasteiger partial charge is 0.480 e. The Kier molecular flexibility index (Phi) is 3.57. The number of ether oxygens (including phenoxy) is 1. The Morgan fingerprint density at radius 3 is 2.62 bits per heavy atom. The van der Waals surface area contributed by atoms with E-state index in [-0.39, 0.29) is 11.1 Å². The normalized spacial score (nSPS) is 11.9. The van der Waals surface area contributed by atoms with Crippen LogP contribution in [0.5, 0.6) is 0 Å². The van der Waals surface area contributed by atoms with E-state index < -0.39 is 23.8 Å². The van der Waals surface area contributed by atoms with Crippen LogP contribution in [0.1, 0.15) is 22.0 Å². The second kappa shape index (κ2) is 4.71. The highest BCUT2D eigenvalue weighted by Crippen LogP contribution is 2.16. The summed E-state index contributed by atoms with van der Waals surface area (Å²) in [5.74, 6) is -2.92. The Balaban J connectivity index is 3.17. The summed E-state index contributed by atoms with van der Waals surface area (Å²) in [5.41, 5.74) is 5.12. The molecule has 0 aliphatic heterocycles. The molecule has 0 aliphatic carbocycles. The minimum atomic E-state index is -1.30. The molecule has 0 fully saturated rings. The van der Waals surface area contributed by atoms with Crippen molar-refractivity contribution < 1.29 is 23.8 Å². The summed E-state index contributed by atoms with van der Waals surface area (Å²) >= 11 is 0. The lowest BCUT2D eigenvalue weighted by molar-refractivity contribution is -0.138. The van der Waals surface area contributed by atoms with Gasteiger partial charge in [0.2, 0.25) is 0 Å². The van der Waals surface area contributed by atoms with E-state index in [9.17, 15) is 14.0 Å². The molecule has 0 aliphatic rings. The number of hydrogen-bond donors (Lipinski definition) is 2. The molecule has 0 radical (unpaired) electrons. The summed E-state index contributed by atoms with van der Waals surface area (Å²) < 4.78 is 17.5. The minimum Gasteiger partial charge on any atom is -0.480 e. The van der Waals surface area contributed by atoms with Gasteiger partial charge in [0.25, 0.3) is 0 Å². The van der Waals surface area contributed by atoms with E-state index in [2.05, 4.69) is 4.74 Å². The lowest BCUT2D eigenvalue weighted by Crippen LogP contribution is -2.21. The highest BCUT2D eigenvalue weighted by molar-refractivity contribution is 5.90. The predicted octanol–water partition coefficient (Wildman–Crippen LogP) is 0.697. The fraction of sp³-hybridized carbons (Fsp3) is 0.200. The molecule has 0 amide bonds. The number of halogens is 1. The van der Waals surface area contributed by atoms with Gasteiger partial charge < -0.3 is 15.6 Å². The Morgan fingerprint density at radius 2 is 2.12 bits per heavy atom. The minimum absolute atomic E-state index is 0.134. The fourth-order valence-corrected chi connectivity index (χ4v) is 1.15. The molecule has 0 heterocycles. The first-order chi connectivity index (χ1) is 7.47. The predicted molar refractivity (Wildman–Crippen MR) is 52.3 cm³/mol. The van der Waals surface area contributed by atoms with E-state index in [0.717, 1.165) is 19.2 Å². The lowest BCUT2D eigenvalue weighted by atomic mass is 10.0. The number of carboxylic acids is 1. The van der Waals surface area contributed by atoms with Gasteiger partial charge in [-0.25, -0.2) is 9.18 Å². The maximum atomic E-state index is 13.2. The number of methoxy groups -OCH3 is 1. The van der Waals surface area contributed by atoms with Crippen molar-refractivity contribution in [3.63, 3.8) is 0 Å². The zero-order chi connectivity index (χ0) is 12.3. The summed E-state index contributed by atoms with van der Waals surface area (Å²) in [6.07, 6.45) is 0. The third-order valence-corrected chi connectivity index (χ3v) is 2.02. The molecule has 0 saturated carbocycles. The van der Waals surface area contributed by atoms with Crippen molar-refractivity contribution in [1.82, 2.24) is 0 Å². The number of esters is 1. The number of carboxylic acid groups (broad SMARTS) is 1. The van der Waals surface area contributed by atoms with Gasteiger partial charge in [-0.2, -0.15) is 0 Å². The van der Waals surface area contributed by atoms with E-state index in [1.807, 2.05) is 0 Å². The second-order valence-electron chi connectivity index (χ2n) is 3.05. The molecule has 6 heteroatoms. The van der Waals surface area contributed by atoms with Gasteiger partial charge in [0, 0.05) is 0 Å². The fourth-order valence-electron chi connectivity index (χ4n) is 1.15. The van der Waals surface area contributed by atoms with Gasteiger partial charge >= 0.3 is 11.9 Å². The Bertz CT molecular complexity index is 433. The average Bonchev–Trinajstić information content (AvgIpc) is 2.27. The van der Waals surface area contributed by atoms with Gasteiger partial charge in [0.05, 0.1) is 12.7 Å². The van der Waals surface area contributed by atoms with Crippen LogP contribution in [0.4, 0.5) is 4.39 Å². The third-order valence-electron chi connectivity index (χ3n) is 2.02. The van der Waals surface area contributed by atoms with Crippen molar-refractivity contribution in [2.24, 2.45) is 5.73 Å². The molecule has 1 atom stereocenters. The van der Waals surface area contributed by atoms with E-state index in [1.54, 1.807) is 0 Å². The highest BCUT2D eigenvalue weighted by atomic mass is 19.1. The van der Waals surface area contributed by atoms with Crippen LogP contribution in [0.25, 0.3) is 0 Å². The van der Waals surface area contributed by atoms with Crippen molar-refractivity contribution in [3.05, 3.63) is 35.1 Å². The van der Waals surface area contributed by atoms with Gasteiger partial charge in [-0.15, -0.1) is 0 Å². The smallest absolute Gasteiger partial charge is 0.340 e. The van der Waals surface area contributed by atoms with Gasteiger partial charge in [0.1, 0.15) is 11.9 Å². The number of rotatable bonds is 3. The molecule has 0 saturated heterocycles. The van der Waals surface area contributed by atoms with E-state index in [1.165, 1.54) is 6.07 Å². The van der Waals surface area contributed by atoms with Crippen molar-refractivity contribution >= 4 is 11.9 Å². The SMILES string of the molecule is COC(=O)c1cc([C@H](N)C(=O)O)ccc1F. The summed E-state index contributed by atoms with van der Waals surface area (Å²) in [6.45, 7) is 0. The van der Waals surface area contributed by atoms with Gasteiger partial charge in [-0.1, -0.05) is 6.07 Å². The van der Waals surface area contributed by atoms with Crippen LogP contribution >= 0.6 is 0 Å². The number of benzene rings is 1. The Hall–Kier alpha value is -1.95. The Labute approximate surface area is 90.6 Å². The molecule has 0 unspecified atom stereocenters. The van der Waals surface area contributed by atoms with Crippen LogP contribution in [0, 0.1) is 5.82 Å². The zero-order valence-corrected chi connectivity index (χ0v) is 8.44. The molecule has 86 valence electrons. The van der Waals surface area contributed by atoms with Crippen molar-refractivity contribution in [2.75, 3.05) is 7.11 Å². The monoisotopic (exact) mass is 227 g/mol. The number of hydrogen-bond acceptors (Lipinski definition) is 4. The van der Waals surface area contributed by atoms with Crippen molar-refractivity contribution in [2.45, 2.75) is 6.04 Å². The van der Waals surface area contributed by atoms with Crippen LogP contribution in [-0.4, -0.2) is 24.2 Å². The van der Waals surface area contributed by atoms with Crippen LogP contribution in [0.3, 0.4) is 0 Å². The lowest BCUT2D eigenvalue weighted by Gasteiger charge is -2.08. The molecular weight excluding hydrogens is 217 g/mol. The first kappa shape index (κ1) is 12.1. The van der Waals surface area contributed by atoms with Crippen LogP contribution in [0.2, 0.25) is 0 Å². The average molecular weight is 227 g/mol. The second-order valence-corrected chi connectivity index (χ2v) is 3.05. The van der Waals surface area contributed by atoms with Crippen LogP contribution < -0.4 is 5.73 Å². The summed E-state index contributed by atoms with van der Waals surface area (Å²) in [7, 11) is 1.10. The molecule has 0 aromatic heterocycles. The molecule has 0 bridgehead atoms. The first-order valence-corrected chi connectivity index (χ1v) is 4.33. The molecule has 1 aromatic carbocycles. The molecule has 16 heavy (non-hydrogen) atoms.